The molecule has 0 saturated heterocycles. The summed E-state index contributed by atoms with van der Waals surface area (Å²) in [7, 11) is 0. The van der Waals surface area contributed by atoms with Gasteiger partial charge in [0, 0.05) is 6.54 Å². The van der Waals surface area contributed by atoms with Crippen molar-refractivity contribution in [1.82, 2.24) is 4.98 Å². The van der Waals surface area contributed by atoms with Gasteiger partial charge in [-0.3, -0.25) is 0 Å². The lowest BCUT2D eigenvalue weighted by molar-refractivity contribution is 1.30. The third kappa shape index (κ3) is 1.74. The van der Waals surface area contributed by atoms with Gasteiger partial charge < -0.3 is 11.1 Å². The van der Waals surface area contributed by atoms with Crippen LogP contribution in [0, 0.1) is 11.3 Å². The highest BCUT2D eigenvalue weighted by atomic mass is 32.1. The second-order valence-corrected chi connectivity index (χ2v) is 3.04. The number of hydrogen-bond acceptors (Lipinski definition) is 5. The normalized spacial score (nSPS) is 8.92. The summed E-state index contributed by atoms with van der Waals surface area (Å²) in [5.41, 5.74) is 5.76. The molecule has 1 aromatic rings. The van der Waals surface area contributed by atoms with E-state index in [0.717, 1.165) is 0 Å². The van der Waals surface area contributed by atoms with Crippen LogP contribution < -0.4 is 11.1 Å². The van der Waals surface area contributed by atoms with Crippen molar-refractivity contribution in [3.8, 4) is 6.07 Å². The van der Waals surface area contributed by atoms with E-state index in [0.29, 0.717) is 22.4 Å². The number of aromatic nitrogens is 1. The van der Waals surface area contributed by atoms with Gasteiger partial charge in [-0.2, -0.15) is 5.26 Å². The van der Waals surface area contributed by atoms with Crippen LogP contribution in [0.25, 0.3) is 0 Å². The lowest BCUT2D eigenvalue weighted by Crippen LogP contribution is -1.96. The monoisotopic (exact) mass is 180 g/mol. The third-order valence-corrected chi connectivity index (χ3v) is 2.00. The van der Waals surface area contributed by atoms with E-state index >= 15 is 0 Å². The molecular formula is C7H8N4S. The molecule has 3 N–H and O–H groups in total. The zero-order chi connectivity index (χ0) is 8.97. The number of rotatable bonds is 3. The number of nitrogens with zero attached hydrogens (tertiary/aromatic N) is 2. The first-order chi connectivity index (χ1) is 5.77. The number of nitrogens with one attached hydrogen (secondary N) is 1. The molecule has 0 aromatic carbocycles. The Balaban J connectivity index is 2.83. The summed E-state index contributed by atoms with van der Waals surface area (Å²) in [5.74, 6) is 0. The maximum Gasteiger partial charge on any atom is 0.183 e. The molecule has 0 aliphatic carbocycles. The van der Waals surface area contributed by atoms with Crippen LogP contribution in [0.1, 0.15) is 5.69 Å². The van der Waals surface area contributed by atoms with Crippen molar-refractivity contribution in [3.63, 3.8) is 0 Å². The van der Waals surface area contributed by atoms with Crippen molar-refractivity contribution in [2.75, 3.05) is 17.6 Å². The Morgan fingerprint density at radius 1 is 1.83 bits per heavy atom. The van der Waals surface area contributed by atoms with Crippen LogP contribution in [0.5, 0.6) is 0 Å². The van der Waals surface area contributed by atoms with Crippen LogP contribution in [0.3, 0.4) is 0 Å². The van der Waals surface area contributed by atoms with Gasteiger partial charge in [-0.1, -0.05) is 17.4 Å². The first-order valence-electron chi connectivity index (χ1n) is 3.29. The Morgan fingerprint density at radius 2 is 2.58 bits per heavy atom. The molecule has 62 valence electrons. The van der Waals surface area contributed by atoms with E-state index in [9.17, 15) is 0 Å². The van der Waals surface area contributed by atoms with Gasteiger partial charge in [0.1, 0.15) is 11.1 Å². The summed E-state index contributed by atoms with van der Waals surface area (Å²) in [5, 5.41) is 12.7. The summed E-state index contributed by atoms with van der Waals surface area (Å²) < 4.78 is 0. The number of anilines is 2. The van der Waals surface area contributed by atoms with E-state index in [2.05, 4.69) is 16.9 Å². The molecule has 1 rings (SSSR count). The predicted molar refractivity (Wildman–Crippen MR) is 49.9 cm³/mol. The molecular weight excluding hydrogens is 172 g/mol. The smallest absolute Gasteiger partial charge is 0.183 e. The van der Waals surface area contributed by atoms with E-state index in [1.165, 1.54) is 11.3 Å². The minimum atomic E-state index is 0.347. The fourth-order valence-electron chi connectivity index (χ4n) is 0.697. The average molecular weight is 180 g/mol. The Bertz CT molecular complexity index is 323. The van der Waals surface area contributed by atoms with Crippen molar-refractivity contribution in [2.24, 2.45) is 0 Å². The Hall–Kier alpha value is -1.54. The van der Waals surface area contributed by atoms with Crippen molar-refractivity contribution in [2.45, 2.75) is 0 Å². The summed E-state index contributed by atoms with van der Waals surface area (Å²) >= 11 is 1.26. The van der Waals surface area contributed by atoms with Crippen LogP contribution in [0.2, 0.25) is 0 Å². The van der Waals surface area contributed by atoms with Gasteiger partial charge in [0.2, 0.25) is 0 Å². The van der Waals surface area contributed by atoms with Gasteiger partial charge >= 0.3 is 0 Å². The van der Waals surface area contributed by atoms with Crippen molar-refractivity contribution < 1.29 is 0 Å². The number of hydrogen-bond donors (Lipinski definition) is 2. The molecule has 0 aliphatic rings. The lowest BCUT2D eigenvalue weighted by Gasteiger charge is -1.96. The van der Waals surface area contributed by atoms with E-state index in [1.807, 2.05) is 6.07 Å². The zero-order valence-corrected chi connectivity index (χ0v) is 7.19. The number of nitrogen functional groups attached to an aromatic ring is 1. The fourth-order valence-corrected chi connectivity index (χ4v) is 1.39. The maximum atomic E-state index is 8.60. The molecule has 12 heavy (non-hydrogen) atoms. The van der Waals surface area contributed by atoms with Crippen molar-refractivity contribution in [1.29, 1.82) is 5.26 Å². The Labute approximate surface area is 74.3 Å². The van der Waals surface area contributed by atoms with Gasteiger partial charge in [0.05, 0.1) is 0 Å². The molecule has 5 heteroatoms. The van der Waals surface area contributed by atoms with Gasteiger partial charge in [-0.15, -0.1) is 6.58 Å². The highest BCUT2D eigenvalue weighted by Crippen LogP contribution is 2.25. The summed E-state index contributed by atoms with van der Waals surface area (Å²) in [4.78, 5) is 3.82. The van der Waals surface area contributed by atoms with Crippen molar-refractivity contribution in [3.05, 3.63) is 18.3 Å². The number of nitrogens with two attached hydrogens (primary N) is 1. The topological polar surface area (TPSA) is 74.7 Å². The SMILES string of the molecule is C=CCNc1sc(N)nc1C#N. The Morgan fingerprint density at radius 3 is 3.17 bits per heavy atom. The minimum Gasteiger partial charge on any atom is -0.375 e. The fraction of sp³-hybridized carbons (Fsp3) is 0.143. The molecule has 0 spiro atoms. The van der Waals surface area contributed by atoms with Gasteiger partial charge in [-0.05, 0) is 0 Å². The van der Waals surface area contributed by atoms with Crippen LogP contribution in [0.15, 0.2) is 12.7 Å². The number of nitriles is 1. The van der Waals surface area contributed by atoms with Gasteiger partial charge in [0.25, 0.3) is 0 Å². The first-order valence-corrected chi connectivity index (χ1v) is 4.10. The molecule has 0 fully saturated rings. The molecule has 0 unspecified atom stereocenters. The maximum absolute atomic E-state index is 8.60. The second-order valence-electron chi connectivity index (χ2n) is 2.01. The first kappa shape index (κ1) is 8.56. The van der Waals surface area contributed by atoms with Crippen LogP contribution >= 0.6 is 11.3 Å². The van der Waals surface area contributed by atoms with E-state index in [-0.39, 0.29) is 0 Å². The molecule has 0 amide bonds. The molecule has 0 bridgehead atoms. The quantitative estimate of drug-likeness (QED) is 0.685. The minimum absolute atomic E-state index is 0.347. The highest BCUT2D eigenvalue weighted by molar-refractivity contribution is 7.19. The third-order valence-electron chi connectivity index (χ3n) is 1.16. The summed E-state index contributed by atoms with van der Waals surface area (Å²) in [6.45, 7) is 4.15. The molecule has 4 nitrogen and oxygen atoms in total. The second kappa shape index (κ2) is 3.74. The Kier molecular flexibility index (Phi) is 2.66. The van der Waals surface area contributed by atoms with E-state index in [1.54, 1.807) is 6.08 Å². The lowest BCUT2D eigenvalue weighted by atomic mass is 10.5. The average Bonchev–Trinajstić information content (AvgIpc) is 2.42. The molecule has 0 saturated carbocycles. The van der Waals surface area contributed by atoms with Crippen LogP contribution in [0.4, 0.5) is 10.1 Å². The van der Waals surface area contributed by atoms with E-state index in [4.69, 9.17) is 11.0 Å². The standard InChI is InChI=1S/C7H8N4S/c1-2-3-10-6-5(4-8)11-7(9)12-6/h2,10H,1,3H2,(H2,9,11). The van der Waals surface area contributed by atoms with Crippen LogP contribution in [-0.4, -0.2) is 11.5 Å². The number of thiazole rings is 1. The van der Waals surface area contributed by atoms with Crippen molar-refractivity contribution >= 4 is 21.5 Å². The predicted octanol–water partition coefficient (Wildman–Crippen LogP) is 1.19. The summed E-state index contributed by atoms with van der Waals surface area (Å²) in [6.07, 6.45) is 1.71. The summed E-state index contributed by atoms with van der Waals surface area (Å²) in [6, 6.07) is 1.95. The highest BCUT2D eigenvalue weighted by Gasteiger charge is 2.06. The molecule has 0 aliphatic heterocycles. The van der Waals surface area contributed by atoms with Gasteiger partial charge in [0.15, 0.2) is 10.8 Å². The van der Waals surface area contributed by atoms with E-state index < -0.39 is 0 Å². The molecule has 1 heterocycles. The van der Waals surface area contributed by atoms with Crippen LogP contribution in [-0.2, 0) is 0 Å². The van der Waals surface area contributed by atoms with Gasteiger partial charge in [-0.25, -0.2) is 4.98 Å². The molecule has 0 radical (unpaired) electrons. The molecule has 1 aromatic heterocycles. The largest absolute Gasteiger partial charge is 0.375 e. The zero-order valence-electron chi connectivity index (χ0n) is 6.37. The molecule has 0 atom stereocenters.